The van der Waals surface area contributed by atoms with Crippen LogP contribution in [0.15, 0.2) is 41.0 Å². The van der Waals surface area contributed by atoms with Crippen LogP contribution >= 0.6 is 0 Å². The van der Waals surface area contributed by atoms with Crippen LogP contribution < -0.4 is 10.1 Å². The number of hydrogen-bond acceptors (Lipinski definition) is 9. The van der Waals surface area contributed by atoms with E-state index in [1.165, 1.54) is 18.5 Å². The Labute approximate surface area is 216 Å². The number of benzene rings is 2. The number of aryl methyl sites for hydroxylation is 1. The molecule has 1 unspecified atom stereocenters. The van der Waals surface area contributed by atoms with Crippen molar-refractivity contribution in [3.05, 3.63) is 48.0 Å². The van der Waals surface area contributed by atoms with Gasteiger partial charge in [-0.25, -0.2) is 18.6 Å². The zero-order valence-electron chi connectivity index (χ0n) is 20.1. The van der Waals surface area contributed by atoms with E-state index in [0.29, 0.717) is 35.9 Å². The van der Waals surface area contributed by atoms with Gasteiger partial charge in [-0.1, -0.05) is 7.43 Å². The molecule has 200 valence electrons. The average Bonchev–Trinajstić information content (AvgIpc) is 3.25. The van der Waals surface area contributed by atoms with Gasteiger partial charge in [-0.3, -0.25) is 0 Å². The maximum absolute atomic E-state index is 14.0. The lowest BCUT2D eigenvalue weighted by Crippen LogP contribution is -2.30. The smallest absolute Gasteiger partial charge is 0.150 e. The lowest BCUT2D eigenvalue weighted by Gasteiger charge is -2.23. The molecule has 3 aromatic rings. The molecule has 0 amide bonds. The van der Waals surface area contributed by atoms with Gasteiger partial charge in [0.25, 0.3) is 0 Å². The number of anilines is 2. The molecule has 2 aliphatic rings. The summed E-state index contributed by atoms with van der Waals surface area (Å²) >= 11 is 0. The standard InChI is InChI=1S/C25H29FN4O5S.CH4/c1-15-9-17(30-36(2,32)18-5-7-33-8-6-18)11-20-24(15)25(28-14-27-20)29-19-4-3-16(26)10-22(19)35-23-13-34-12-21(23)31;/h3-4,9-11,14,18,21,23,31H,5-8,12-13H2,1-2H3,(H,27,28,29);1H4/t21-,23+,36?;/m0./s1. The molecule has 2 aromatic carbocycles. The molecule has 0 spiro atoms. The van der Waals surface area contributed by atoms with Crippen LogP contribution in [0.1, 0.15) is 25.8 Å². The Morgan fingerprint density at radius 2 is 1.95 bits per heavy atom. The van der Waals surface area contributed by atoms with Crippen LogP contribution in [0.25, 0.3) is 10.9 Å². The van der Waals surface area contributed by atoms with Gasteiger partial charge in [-0.2, -0.15) is 4.36 Å². The molecule has 0 bridgehead atoms. The average molecular weight is 533 g/mol. The van der Waals surface area contributed by atoms with E-state index in [1.807, 2.05) is 13.0 Å². The Kier molecular flexibility index (Phi) is 8.27. The predicted octanol–water partition coefficient (Wildman–Crippen LogP) is 4.50. The third-order valence-corrected chi connectivity index (χ3v) is 8.75. The topological polar surface area (TPSA) is 115 Å². The second-order valence-corrected chi connectivity index (χ2v) is 11.7. The molecule has 2 N–H and O–H groups in total. The fourth-order valence-corrected chi connectivity index (χ4v) is 6.28. The van der Waals surface area contributed by atoms with Gasteiger partial charge in [0.2, 0.25) is 0 Å². The zero-order valence-corrected chi connectivity index (χ0v) is 21.0. The van der Waals surface area contributed by atoms with E-state index < -0.39 is 27.8 Å². The minimum Gasteiger partial charge on any atom is -0.483 e. The number of aliphatic hydroxyl groups excluding tert-OH is 1. The maximum atomic E-state index is 14.0. The van der Waals surface area contributed by atoms with E-state index in [9.17, 15) is 13.7 Å². The molecule has 5 rings (SSSR count). The minimum absolute atomic E-state index is 0. The van der Waals surface area contributed by atoms with E-state index in [4.69, 9.17) is 14.2 Å². The van der Waals surface area contributed by atoms with Gasteiger partial charge in [0, 0.05) is 36.2 Å². The van der Waals surface area contributed by atoms with Crippen LogP contribution in [0.5, 0.6) is 5.75 Å². The molecule has 0 saturated carbocycles. The number of ether oxygens (including phenoxy) is 3. The lowest BCUT2D eigenvalue weighted by atomic mass is 10.1. The van der Waals surface area contributed by atoms with Gasteiger partial charge in [0.15, 0.2) is 6.10 Å². The van der Waals surface area contributed by atoms with E-state index >= 15 is 0 Å². The number of nitrogens with one attached hydrogen (secondary N) is 1. The number of nitrogens with zero attached hydrogens (tertiary/aromatic N) is 3. The molecule has 11 heteroatoms. The van der Waals surface area contributed by atoms with Crippen LogP contribution in [-0.2, 0) is 19.2 Å². The minimum atomic E-state index is -2.45. The van der Waals surface area contributed by atoms with E-state index in [-0.39, 0.29) is 31.6 Å². The largest absolute Gasteiger partial charge is 0.483 e. The second-order valence-electron chi connectivity index (χ2n) is 9.17. The summed E-state index contributed by atoms with van der Waals surface area (Å²) < 4.78 is 48.5. The number of fused-ring (bicyclic) bond motifs is 1. The highest BCUT2D eigenvalue weighted by Crippen LogP contribution is 2.35. The van der Waals surface area contributed by atoms with Crippen LogP contribution in [0, 0.1) is 12.7 Å². The molecular weight excluding hydrogens is 499 g/mol. The van der Waals surface area contributed by atoms with Gasteiger partial charge < -0.3 is 24.6 Å². The second kappa shape index (κ2) is 11.3. The molecule has 3 atom stereocenters. The van der Waals surface area contributed by atoms with Crippen molar-refractivity contribution in [2.75, 3.05) is 38.0 Å². The number of aromatic nitrogens is 2. The summed E-state index contributed by atoms with van der Waals surface area (Å²) in [6.45, 7) is 3.51. The van der Waals surface area contributed by atoms with Crippen molar-refractivity contribution in [2.45, 2.75) is 44.6 Å². The molecule has 1 aromatic heterocycles. The zero-order chi connectivity index (χ0) is 25.3. The van der Waals surface area contributed by atoms with Gasteiger partial charge in [-0.05, 0) is 49.6 Å². The Bertz CT molecular complexity index is 1390. The summed E-state index contributed by atoms with van der Waals surface area (Å²) in [5.41, 5.74) is 2.57. The molecule has 2 fully saturated rings. The molecule has 37 heavy (non-hydrogen) atoms. The number of aliphatic hydroxyl groups is 1. The molecule has 2 aliphatic heterocycles. The molecule has 3 heterocycles. The van der Waals surface area contributed by atoms with Gasteiger partial charge in [-0.15, -0.1) is 0 Å². The Morgan fingerprint density at radius 3 is 2.68 bits per heavy atom. The van der Waals surface area contributed by atoms with Crippen LogP contribution in [0.4, 0.5) is 21.6 Å². The van der Waals surface area contributed by atoms with Crippen LogP contribution in [0.3, 0.4) is 0 Å². The normalized spacial score (nSPS) is 21.7. The van der Waals surface area contributed by atoms with E-state index in [2.05, 4.69) is 19.6 Å². The van der Waals surface area contributed by atoms with Gasteiger partial charge >= 0.3 is 0 Å². The summed E-state index contributed by atoms with van der Waals surface area (Å²) in [5, 5.41) is 14.0. The number of hydrogen-bond donors (Lipinski definition) is 2. The molecule has 2 saturated heterocycles. The highest BCUT2D eigenvalue weighted by Gasteiger charge is 2.29. The first-order chi connectivity index (χ1) is 17.3. The number of rotatable bonds is 6. The predicted molar refractivity (Wildman–Crippen MR) is 142 cm³/mol. The summed E-state index contributed by atoms with van der Waals surface area (Å²) in [4.78, 5) is 8.82. The Morgan fingerprint density at radius 1 is 1.16 bits per heavy atom. The number of halogens is 1. The molecule has 9 nitrogen and oxygen atoms in total. The summed E-state index contributed by atoms with van der Waals surface area (Å²) in [7, 11) is -2.45. The fourth-order valence-electron chi connectivity index (χ4n) is 4.54. The maximum Gasteiger partial charge on any atom is 0.150 e. The van der Waals surface area contributed by atoms with Gasteiger partial charge in [0.05, 0.1) is 39.8 Å². The first kappa shape index (κ1) is 27.2. The Balaban J connectivity index is 0.00000320. The Hall–Kier alpha value is -2.86. The quantitative estimate of drug-likeness (QED) is 0.477. The van der Waals surface area contributed by atoms with E-state index in [1.54, 1.807) is 18.4 Å². The van der Waals surface area contributed by atoms with Crippen molar-refractivity contribution in [1.82, 2.24) is 9.97 Å². The fraction of sp³-hybridized carbons (Fsp3) is 0.462. The first-order valence-electron chi connectivity index (χ1n) is 11.8. The van der Waals surface area contributed by atoms with Crippen molar-refractivity contribution in [3.63, 3.8) is 0 Å². The monoisotopic (exact) mass is 532 g/mol. The van der Waals surface area contributed by atoms with Crippen molar-refractivity contribution < 1.29 is 27.9 Å². The molecule has 0 radical (unpaired) electrons. The van der Waals surface area contributed by atoms with E-state index in [0.717, 1.165) is 23.8 Å². The molecule has 0 aliphatic carbocycles. The summed E-state index contributed by atoms with van der Waals surface area (Å²) in [6, 6.07) is 7.80. The summed E-state index contributed by atoms with van der Waals surface area (Å²) in [5.74, 6) is 0.278. The highest BCUT2D eigenvalue weighted by molar-refractivity contribution is 7.93. The van der Waals surface area contributed by atoms with Crippen molar-refractivity contribution in [2.24, 2.45) is 4.36 Å². The van der Waals surface area contributed by atoms with Crippen LogP contribution in [0.2, 0.25) is 0 Å². The van der Waals surface area contributed by atoms with Gasteiger partial charge in [0.1, 0.15) is 29.8 Å². The third-order valence-electron chi connectivity index (χ3n) is 6.47. The van der Waals surface area contributed by atoms with Crippen molar-refractivity contribution >= 4 is 37.8 Å². The highest BCUT2D eigenvalue weighted by atomic mass is 32.2. The lowest BCUT2D eigenvalue weighted by molar-refractivity contribution is 0.0736. The SMILES string of the molecule is C.Cc1cc(N=S(C)(=O)C2CCOCC2)cc2ncnc(Nc3ccc(F)cc3O[C@@H]3COC[C@@H]3O)c12. The van der Waals surface area contributed by atoms with Crippen LogP contribution in [-0.4, -0.2) is 69.4 Å². The third kappa shape index (κ3) is 6.01. The van der Waals surface area contributed by atoms with Crippen molar-refractivity contribution in [1.29, 1.82) is 0 Å². The summed E-state index contributed by atoms with van der Waals surface area (Å²) in [6.07, 6.45) is 3.20. The first-order valence-corrected chi connectivity index (χ1v) is 13.8. The van der Waals surface area contributed by atoms with Crippen molar-refractivity contribution in [3.8, 4) is 5.75 Å². The molecular formula is C26H33FN4O5S.